The highest BCUT2D eigenvalue weighted by atomic mass is 35.5. The van der Waals surface area contributed by atoms with Gasteiger partial charge in [0.15, 0.2) is 0 Å². The molecule has 0 unspecified atom stereocenters. The van der Waals surface area contributed by atoms with E-state index in [1.165, 1.54) is 0 Å². The summed E-state index contributed by atoms with van der Waals surface area (Å²) in [5, 5.41) is 5.38. The molecule has 196 valence electrons. The van der Waals surface area contributed by atoms with Gasteiger partial charge in [0.25, 0.3) is 5.91 Å². The average Bonchev–Trinajstić information content (AvgIpc) is 3.42. The van der Waals surface area contributed by atoms with Gasteiger partial charge in [-0.15, -0.1) is 0 Å². The van der Waals surface area contributed by atoms with Crippen LogP contribution < -0.4 is 19.1 Å². The number of amides is 1. The summed E-state index contributed by atoms with van der Waals surface area (Å²) in [6, 6.07) is 22.6. The number of piperazine rings is 1. The van der Waals surface area contributed by atoms with Crippen molar-refractivity contribution in [1.82, 2.24) is 14.7 Å². The first kappa shape index (κ1) is 25.5. The zero-order valence-electron chi connectivity index (χ0n) is 21.6. The summed E-state index contributed by atoms with van der Waals surface area (Å²) in [5.74, 6) is 1.99. The monoisotopic (exact) mass is 532 g/mol. The van der Waals surface area contributed by atoms with Crippen LogP contribution in [0.25, 0.3) is 16.9 Å². The normalized spacial score (nSPS) is 13.4. The molecule has 0 aliphatic carbocycles. The topological polar surface area (TPSA) is 69.1 Å². The molecule has 1 saturated heterocycles. The number of benzene rings is 3. The number of hydrogen-bond donors (Lipinski definition) is 0. The zero-order valence-corrected chi connectivity index (χ0v) is 22.3. The Morgan fingerprint density at radius 1 is 0.816 bits per heavy atom. The number of ether oxygens (including phenoxy) is 3. The summed E-state index contributed by atoms with van der Waals surface area (Å²) in [5.41, 5.74) is 3.54. The fourth-order valence-electron chi connectivity index (χ4n) is 4.68. The van der Waals surface area contributed by atoms with E-state index in [9.17, 15) is 4.79 Å². The van der Waals surface area contributed by atoms with E-state index in [0.717, 1.165) is 17.0 Å². The fraction of sp³-hybridized carbons (Fsp3) is 0.241. The SMILES string of the molecule is COc1ccc(-c2cc(C(=O)N3CCN(c4ccccc4OC)CC3)n(-c3cccc(Cl)c3)n2)c(OC)c1. The maximum absolute atomic E-state index is 13.9. The number of para-hydroxylation sites is 2. The minimum Gasteiger partial charge on any atom is -0.497 e. The summed E-state index contributed by atoms with van der Waals surface area (Å²) in [6.07, 6.45) is 0. The molecule has 0 atom stereocenters. The number of methoxy groups -OCH3 is 3. The van der Waals surface area contributed by atoms with Gasteiger partial charge in [-0.2, -0.15) is 5.10 Å². The third kappa shape index (κ3) is 4.99. The molecular formula is C29H29ClN4O4. The number of hydrogen-bond acceptors (Lipinski definition) is 6. The van der Waals surface area contributed by atoms with Crippen molar-refractivity contribution >= 4 is 23.2 Å². The number of anilines is 1. The summed E-state index contributed by atoms with van der Waals surface area (Å²) >= 11 is 6.29. The van der Waals surface area contributed by atoms with Crippen LogP contribution in [0.3, 0.4) is 0 Å². The van der Waals surface area contributed by atoms with E-state index in [1.807, 2.05) is 53.4 Å². The smallest absolute Gasteiger partial charge is 0.272 e. The molecular weight excluding hydrogens is 504 g/mol. The van der Waals surface area contributed by atoms with Crippen molar-refractivity contribution in [2.45, 2.75) is 0 Å². The Balaban J connectivity index is 1.47. The quantitative estimate of drug-likeness (QED) is 0.327. The Bertz CT molecular complexity index is 1450. The van der Waals surface area contributed by atoms with Crippen LogP contribution in [0.5, 0.6) is 17.2 Å². The van der Waals surface area contributed by atoms with Gasteiger partial charge in [-0.3, -0.25) is 4.79 Å². The molecule has 9 heteroatoms. The molecule has 1 fully saturated rings. The van der Waals surface area contributed by atoms with E-state index in [4.69, 9.17) is 30.9 Å². The maximum atomic E-state index is 13.9. The van der Waals surface area contributed by atoms with Gasteiger partial charge in [-0.05, 0) is 48.5 Å². The Morgan fingerprint density at radius 2 is 1.58 bits per heavy atom. The van der Waals surface area contributed by atoms with Crippen molar-refractivity contribution in [2.24, 2.45) is 0 Å². The van der Waals surface area contributed by atoms with Gasteiger partial charge < -0.3 is 24.0 Å². The van der Waals surface area contributed by atoms with Gasteiger partial charge in [0.2, 0.25) is 0 Å². The van der Waals surface area contributed by atoms with Crippen LogP contribution in [0, 0.1) is 0 Å². The molecule has 38 heavy (non-hydrogen) atoms. The molecule has 3 aromatic carbocycles. The molecule has 0 radical (unpaired) electrons. The first-order valence-electron chi connectivity index (χ1n) is 12.3. The highest BCUT2D eigenvalue weighted by molar-refractivity contribution is 6.30. The van der Waals surface area contributed by atoms with Crippen LogP contribution in [-0.4, -0.2) is 68.1 Å². The Hall–Kier alpha value is -4.17. The predicted octanol–water partition coefficient (Wildman–Crippen LogP) is 5.18. The van der Waals surface area contributed by atoms with Crippen molar-refractivity contribution in [3.05, 3.63) is 83.5 Å². The second-order valence-corrected chi connectivity index (χ2v) is 9.26. The Morgan fingerprint density at radius 3 is 2.29 bits per heavy atom. The lowest BCUT2D eigenvalue weighted by molar-refractivity contribution is 0.0737. The van der Waals surface area contributed by atoms with Gasteiger partial charge in [0.05, 0.1) is 38.4 Å². The van der Waals surface area contributed by atoms with Gasteiger partial charge in [-0.1, -0.05) is 29.8 Å². The minimum atomic E-state index is -0.101. The molecule has 0 bridgehead atoms. The van der Waals surface area contributed by atoms with Gasteiger partial charge in [0.1, 0.15) is 22.9 Å². The zero-order chi connectivity index (χ0) is 26.6. The average molecular weight is 533 g/mol. The van der Waals surface area contributed by atoms with E-state index in [0.29, 0.717) is 59.8 Å². The molecule has 0 N–H and O–H groups in total. The van der Waals surface area contributed by atoms with E-state index < -0.39 is 0 Å². The highest BCUT2D eigenvalue weighted by Crippen LogP contribution is 2.34. The van der Waals surface area contributed by atoms with Crippen LogP contribution in [-0.2, 0) is 0 Å². The van der Waals surface area contributed by atoms with Crippen molar-refractivity contribution in [3.63, 3.8) is 0 Å². The third-order valence-corrected chi connectivity index (χ3v) is 6.89. The van der Waals surface area contributed by atoms with Crippen molar-refractivity contribution < 1.29 is 19.0 Å². The highest BCUT2D eigenvalue weighted by Gasteiger charge is 2.28. The summed E-state index contributed by atoms with van der Waals surface area (Å²) in [6.45, 7) is 2.52. The second-order valence-electron chi connectivity index (χ2n) is 8.82. The van der Waals surface area contributed by atoms with Crippen molar-refractivity contribution in [3.8, 4) is 34.2 Å². The molecule has 4 aromatic rings. The standard InChI is InChI=1S/C29H29ClN4O4/c1-36-22-11-12-23(28(18-22)38-3)24-19-26(34(31-24)21-8-6-7-20(30)17-21)29(35)33-15-13-32(14-16-33)25-9-4-5-10-27(25)37-2/h4-12,17-19H,13-16H2,1-3H3. The number of nitrogens with zero attached hydrogens (tertiary/aromatic N) is 4. The molecule has 5 rings (SSSR count). The number of halogens is 1. The van der Waals surface area contributed by atoms with Crippen molar-refractivity contribution in [2.75, 3.05) is 52.4 Å². The number of rotatable bonds is 7. The Kier molecular flexibility index (Phi) is 7.42. The summed E-state index contributed by atoms with van der Waals surface area (Å²) < 4.78 is 18.1. The fourth-order valence-corrected chi connectivity index (χ4v) is 4.87. The first-order chi connectivity index (χ1) is 18.5. The van der Waals surface area contributed by atoms with E-state index in [2.05, 4.69) is 4.90 Å². The molecule has 2 heterocycles. The lowest BCUT2D eigenvalue weighted by atomic mass is 10.1. The van der Waals surface area contributed by atoms with Crippen LogP contribution in [0.2, 0.25) is 5.02 Å². The summed E-state index contributed by atoms with van der Waals surface area (Å²) in [7, 11) is 4.87. The van der Waals surface area contributed by atoms with E-state index >= 15 is 0 Å². The van der Waals surface area contributed by atoms with Crippen LogP contribution >= 0.6 is 11.6 Å². The number of aromatic nitrogens is 2. The summed E-state index contributed by atoms with van der Waals surface area (Å²) in [4.78, 5) is 18.0. The largest absolute Gasteiger partial charge is 0.497 e. The Labute approximate surface area is 226 Å². The van der Waals surface area contributed by atoms with E-state index in [-0.39, 0.29) is 5.91 Å². The first-order valence-corrected chi connectivity index (χ1v) is 12.7. The predicted molar refractivity (Wildman–Crippen MR) is 148 cm³/mol. The van der Waals surface area contributed by atoms with Gasteiger partial charge in [0, 0.05) is 42.8 Å². The van der Waals surface area contributed by atoms with Gasteiger partial charge in [-0.25, -0.2) is 4.68 Å². The molecule has 1 aromatic heterocycles. The lowest BCUT2D eigenvalue weighted by Gasteiger charge is -2.36. The van der Waals surface area contributed by atoms with Crippen LogP contribution in [0.4, 0.5) is 5.69 Å². The van der Waals surface area contributed by atoms with Crippen molar-refractivity contribution in [1.29, 1.82) is 0 Å². The number of carbonyl (C=O) groups excluding carboxylic acids is 1. The molecule has 1 aliphatic rings. The minimum absolute atomic E-state index is 0.101. The number of carbonyl (C=O) groups is 1. The molecule has 1 amide bonds. The van der Waals surface area contributed by atoms with E-state index in [1.54, 1.807) is 50.3 Å². The van der Waals surface area contributed by atoms with Crippen LogP contribution in [0.15, 0.2) is 72.8 Å². The second kappa shape index (κ2) is 11.1. The molecule has 0 saturated carbocycles. The lowest BCUT2D eigenvalue weighted by Crippen LogP contribution is -2.49. The third-order valence-electron chi connectivity index (χ3n) is 6.66. The van der Waals surface area contributed by atoms with Crippen LogP contribution in [0.1, 0.15) is 10.5 Å². The molecule has 8 nitrogen and oxygen atoms in total. The van der Waals surface area contributed by atoms with Gasteiger partial charge >= 0.3 is 0 Å². The molecule has 1 aliphatic heterocycles. The maximum Gasteiger partial charge on any atom is 0.272 e. The molecule has 0 spiro atoms.